The van der Waals surface area contributed by atoms with Crippen molar-refractivity contribution in [1.29, 1.82) is 0 Å². The van der Waals surface area contributed by atoms with Crippen molar-refractivity contribution in [3.05, 3.63) is 63.9 Å². The summed E-state index contributed by atoms with van der Waals surface area (Å²) >= 11 is 3.38. The van der Waals surface area contributed by atoms with Gasteiger partial charge in [-0.1, -0.05) is 28.1 Å². The SMILES string of the molecule is CNC(Cc1cc(Br)ccc1F)c1cccc(OC)c1. The Bertz CT molecular complexity index is 588. The van der Waals surface area contributed by atoms with Crippen LogP contribution < -0.4 is 10.1 Å². The highest BCUT2D eigenvalue weighted by atomic mass is 79.9. The van der Waals surface area contributed by atoms with E-state index in [-0.39, 0.29) is 11.9 Å². The van der Waals surface area contributed by atoms with E-state index in [1.165, 1.54) is 6.07 Å². The van der Waals surface area contributed by atoms with Gasteiger partial charge in [0, 0.05) is 10.5 Å². The molecule has 1 unspecified atom stereocenters. The number of halogens is 2. The molecule has 20 heavy (non-hydrogen) atoms. The van der Waals surface area contributed by atoms with Crippen LogP contribution in [0.1, 0.15) is 17.2 Å². The van der Waals surface area contributed by atoms with Crippen molar-refractivity contribution in [3.8, 4) is 5.75 Å². The van der Waals surface area contributed by atoms with Crippen LogP contribution in [0.15, 0.2) is 46.9 Å². The molecule has 0 aromatic heterocycles. The van der Waals surface area contributed by atoms with Crippen molar-refractivity contribution in [1.82, 2.24) is 5.32 Å². The Hall–Kier alpha value is -1.39. The summed E-state index contributed by atoms with van der Waals surface area (Å²) in [5.41, 5.74) is 1.76. The molecule has 0 spiro atoms. The Morgan fingerprint density at radius 2 is 2.05 bits per heavy atom. The molecule has 0 heterocycles. The Kier molecular flexibility index (Phi) is 5.15. The largest absolute Gasteiger partial charge is 0.497 e. The molecule has 2 rings (SSSR count). The lowest BCUT2D eigenvalue weighted by molar-refractivity contribution is 0.413. The fraction of sp³-hybridized carbons (Fsp3) is 0.250. The van der Waals surface area contributed by atoms with Crippen molar-refractivity contribution in [3.63, 3.8) is 0 Å². The molecule has 0 saturated heterocycles. The number of benzene rings is 2. The number of nitrogens with one attached hydrogen (secondary N) is 1. The normalized spacial score (nSPS) is 12.2. The fourth-order valence-corrected chi connectivity index (χ4v) is 2.57. The molecule has 4 heteroatoms. The second-order valence-corrected chi connectivity index (χ2v) is 5.47. The molecule has 2 aromatic carbocycles. The highest BCUT2D eigenvalue weighted by molar-refractivity contribution is 9.10. The van der Waals surface area contributed by atoms with Gasteiger partial charge in [-0.05, 0) is 54.9 Å². The third-order valence-corrected chi connectivity index (χ3v) is 3.77. The zero-order valence-electron chi connectivity index (χ0n) is 11.5. The minimum Gasteiger partial charge on any atom is -0.497 e. The Morgan fingerprint density at radius 1 is 1.25 bits per heavy atom. The van der Waals surface area contributed by atoms with Crippen LogP contribution in [-0.2, 0) is 6.42 Å². The van der Waals surface area contributed by atoms with Gasteiger partial charge < -0.3 is 10.1 Å². The summed E-state index contributed by atoms with van der Waals surface area (Å²) in [6, 6.07) is 12.9. The minimum absolute atomic E-state index is 0.0360. The van der Waals surface area contributed by atoms with Gasteiger partial charge in [0.25, 0.3) is 0 Å². The highest BCUT2D eigenvalue weighted by Gasteiger charge is 2.13. The van der Waals surface area contributed by atoms with Crippen LogP contribution in [0.25, 0.3) is 0 Å². The standard InChI is InChI=1S/C16H17BrFNO/c1-19-16(11-4-3-5-14(9-11)20-2)10-12-8-13(17)6-7-15(12)18/h3-9,16,19H,10H2,1-2H3. The highest BCUT2D eigenvalue weighted by Crippen LogP contribution is 2.25. The van der Waals surface area contributed by atoms with Gasteiger partial charge >= 0.3 is 0 Å². The summed E-state index contributed by atoms with van der Waals surface area (Å²) in [5, 5.41) is 3.23. The lowest BCUT2D eigenvalue weighted by Crippen LogP contribution is -2.19. The number of likely N-dealkylation sites (N-methyl/N-ethyl adjacent to an activating group) is 1. The molecule has 106 valence electrons. The van der Waals surface area contributed by atoms with Gasteiger partial charge in [0.2, 0.25) is 0 Å². The van der Waals surface area contributed by atoms with Gasteiger partial charge in [-0.25, -0.2) is 4.39 Å². The van der Waals surface area contributed by atoms with E-state index in [1.807, 2.05) is 37.4 Å². The number of rotatable bonds is 5. The maximum atomic E-state index is 13.9. The maximum Gasteiger partial charge on any atom is 0.126 e. The van der Waals surface area contributed by atoms with Gasteiger partial charge in [0.1, 0.15) is 11.6 Å². The van der Waals surface area contributed by atoms with E-state index in [1.54, 1.807) is 13.2 Å². The van der Waals surface area contributed by atoms with Crippen LogP contribution in [0, 0.1) is 5.82 Å². The topological polar surface area (TPSA) is 21.3 Å². The molecular weight excluding hydrogens is 321 g/mol. The van der Waals surface area contributed by atoms with E-state index in [2.05, 4.69) is 21.2 Å². The fourth-order valence-electron chi connectivity index (χ4n) is 2.16. The summed E-state index contributed by atoms with van der Waals surface area (Å²) in [4.78, 5) is 0. The van der Waals surface area contributed by atoms with E-state index in [9.17, 15) is 4.39 Å². The van der Waals surface area contributed by atoms with Gasteiger partial charge in [0.05, 0.1) is 7.11 Å². The predicted octanol–water partition coefficient (Wildman–Crippen LogP) is 4.10. The maximum absolute atomic E-state index is 13.9. The van der Waals surface area contributed by atoms with E-state index >= 15 is 0 Å². The molecule has 2 nitrogen and oxygen atoms in total. The molecule has 1 atom stereocenters. The second-order valence-electron chi connectivity index (χ2n) is 4.56. The summed E-state index contributed by atoms with van der Waals surface area (Å²) in [6.07, 6.45) is 0.578. The molecule has 0 radical (unpaired) electrons. The Labute approximate surface area is 127 Å². The van der Waals surface area contributed by atoms with Gasteiger partial charge in [0.15, 0.2) is 0 Å². The molecule has 0 saturated carbocycles. The molecule has 2 aromatic rings. The van der Waals surface area contributed by atoms with Crippen molar-refractivity contribution in [2.75, 3.05) is 14.2 Å². The van der Waals surface area contributed by atoms with Crippen LogP contribution in [0.4, 0.5) is 4.39 Å². The summed E-state index contributed by atoms with van der Waals surface area (Å²) in [6.45, 7) is 0. The minimum atomic E-state index is -0.184. The summed E-state index contributed by atoms with van der Waals surface area (Å²) < 4.78 is 20.0. The first-order chi connectivity index (χ1) is 9.63. The zero-order valence-corrected chi connectivity index (χ0v) is 13.1. The number of hydrogen-bond acceptors (Lipinski definition) is 2. The average Bonchev–Trinajstić information content (AvgIpc) is 2.48. The molecule has 0 aliphatic heterocycles. The lowest BCUT2D eigenvalue weighted by atomic mass is 9.98. The first-order valence-corrected chi connectivity index (χ1v) is 7.18. The van der Waals surface area contributed by atoms with Crippen molar-refractivity contribution in [2.24, 2.45) is 0 Å². The monoisotopic (exact) mass is 337 g/mol. The van der Waals surface area contributed by atoms with E-state index in [0.717, 1.165) is 15.8 Å². The van der Waals surface area contributed by atoms with E-state index in [0.29, 0.717) is 12.0 Å². The van der Waals surface area contributed by atoms with E-state index < -0.39 is 0 Å². The Balaban J connectivity index is 2.26. The molecule has 0 aliphatic carbocycles. The van der Waals surface area contributed by atoms with Gasteiger partial charge in [-0.15, -0.1) is 0 Å². The number of hydrogen-bond donors (Lipinski definition) is 1. The van der Waals surface area contributed by atoms with Gasteiger partial charge in [-0.2, -0.15) is 0 Å². The zero-order chi connectivity index (χ0) is 14.5. The smallest absolute Gasteiger partial charge is 0.126 e. The predicted molar refractivity (Wildman–Crippen MR) is 82.6 cm³/mol. The molecule has 0 fully saturated rings. The Morgan fingerprint density at radius 3 is 2.75 bits per heavy atom. The van der Waals surface area contributed by atoms with Crippen molar-refractivity contribution >= 4 is 15.9 Å². The lowest BCUT2D eigenvalue weighted by Gasteiger charge is -2.18. The first-order valence-electron chi connectivity index (χ1n) is 6.39. The number of ether oxygens (including phenoxy) is 1. The third kappa shape index (κ3) is 3.58. The van der Waals surface area contributed by atoms with E-state index in [4.69, 9.17) is 4.74 Å². The molecule has 0 bridgehead atoms. The quantitative estimate of drug-likeness (QED) is 0.886. The van der Waals surface area contributed by atoms with Crippen LogP contribution in [0.2, 0.25) is 0 Å². The summed E-state index contributed by atoms with van der Waals surface area (Å²) in [5.74, 6) is 0.619. The van der Waals surface area contributed by atoms with Crippen LogP contribution >= 0.6 is 15.9 Å². The van der Waals surface area contributed by atoms with Crippen LogP contribution in [0.5, 0.6) is 5.75 Å². The third-order valence-electron chi connectivity index (χ3n) is 3.28. The van der Waals surface area contributed by atoms with Crippen LogP contribution in [0.3, 0.4) is 0 Å². The molecule has 1 N–H and O–H groups in total. The van der Waals surface area contributed by atoms with Crippen molar-refractivity contribution < 1.29 is 9.13 Å². The number of methoxy groups -OCH3 is 1. The molecule has 0 aliphatic rings. The molecular formula is C16H17BrFNO. The second kappa shape index (κ2) is 6.86. The molecule has 0 amide bonds. The first kappa shape index (κ1) is 15.0. The van der Waals surface area contributed by atoms with Gasteiger partial charge in [-0.3, -0.25) is 0 Å². The van der Waals surface area contributed by atoms with Crippen LogP contribution in [-0.4, -0.2) is 14.2 Å². The average molecular weight is 338 g/mol. The van der Waals surface area contributed by atoms with Crippen molar-refractivity contribution in [2.45, 2.75) is 12.5 Å². The summed E-state index contributed by atoms with van der Waals surface area (Å²) in [7, 11) is 3.52.